The molecule has 2 N–H and O–H groups in total. The molecule has 1 atom stereocenters. The van der Waals surface area contributed by atoms with Crippen LogP contribution in [0.15, 0.2) is 54.7 Å². The number of rotatable bonds is 8. The second-order valence-electron chi connectivity index (χ2n) is 6.65. The normalized spacial score (nSPS) is 11.8. The minimum absolute atomic E-state index is 0.00720. The smallest absolute Gasteiger partial charge is 0.316 e. The number of ether oxygens (including phenoxy) is 1. The Morgan fingerprint density at radius 2 is 1.90 bits per heavy atom. The first-order chi connectivity index (χ1) is 13.9. The summed E-state index contributed by atoms with van der Waals surface area (Å²) in [6.45, 7) is 3.50. The van der Waals surface area contributed by atoms with Crippen LogP contribution in [0.3, 0.4) is 0 Å². The molecule has 0 saturated heterocycles. The summed E-state index contributed by atoms with van der Waals surface area (Å²) in [5.74, 6) is -0.881. The van der Waals surface area contributed by atoms with Crippen LogP contribution in [0.1, 0.15) is 22.8 Å². The molecule has 0 bridgehead atoms. The molecule has 0 spiro atoms. The van der Waals surface area contributed by atoms with E-state index in [1.807, 2.05) is 55.5 Å². The van der Waals surface area contributed by atoms with Gasteiger partial charge in [0.25, 0.3) is 0 Å². The molecule has 7 heteroatoms. The molecule has 6 nitrogen and oxygen atoms in total. The van der Waals surface area contributed by atoms with Gasteiger partial charge in [-0.3, -0.25) is 14.4 Å². The average Bonchev–Trinajstić information content (AvgIpc) is 3.11. The number of benzene rings is 2. The highest BCUT2D eigenvalue weighted by Crippen LogP contribution is 2.20. The zero-order valence-corrected chi connectivity index (χ0v) is 17.0. The van der Waals surface area contributed by atoms with Gasteiger partial charge in [0.15, 0.2) is 6.10 Å². The summed E-state index contributed by atoms with van der Waals surface area (Å²) in [4.78, 5) is 39.7. The molecule has 0 unspecified atom stereocenters. The van der Waals surface area contributed by atoms with Gasteiger partial charge in [-0.2, -0.15) is 0 Å². The van der Waals surface area contributed by atoms with Gasteiger partial charge in [0.2, 0.25) is 11.7 Å². The van der Waals surface area contributed by atoms with E-state index in [1.165, 1.54) is 0 Å². The predicted molar refractivity (Wildman–Crippen MR) is 115 cm³/mol. The summed E-state index contributed by atoms with van der Waals surface area (Å²) < 4.78 is 5.25. The number of H-pyrrole nitrogens is 1. The average molecular weight is 410 g/mol. The summed E-state index contributed by atoms with van der Waals surface area (Å²) in [5, 5.41) is 3.58. The second kappa shape index (κ2) is 9.43. The first-order valence-electron chi connectivity index (χ1n) is 9.18. The molecule has 3 aromatic rings. The third-order valence-electron chi connectivity index (χ3n) is 4.29. The Balaban J connectivity index is 1.45. The van der Waals surface area contributed by atoms with Crippen LogP contribution >= 0.6 is 11.8 Å². The summed E-state index contributed by atoms with van der Waals surface area (Å²) in [6.07, 6.45) is 0.727. The number of amides is 1. The maximum Gasteiger partial charge on any atom is 0.316 e. The van der Waals surface area contributed by atoms with Crippen LogP contribution in [-0.2, 0) is 14.3 Å². The third-order valence-corrected chi connectivity index (χ3v) is 5.19. The molecular formula is C22H22N2O4S. The molecule has 150 valence electrons. The topological polar surface area (TPSA) is 88.3 Å². The molecule has 1 aromatic heterocycles. The lowest BCUT2D eigenvalue weighted by Crippen LogP contribution is -2.25. The number of aromatic nitrogens is 1. The molecule has 1 amide bonds. The molecule has 1 heterocycles. The number of aromatic amines is 1. The highest BCUT2D eigenvalue weighted by Gasteiger charge is 2.22. The number of thioether (sulfide) groups is 1. The van der Waals surface area contributed by atoms with Crippen LogP contribution in [0.5, 0.6) is 0 Å². The number of fused-ring (bicyclic) bond motifs is 1. The maximum absolute atomic E-state index is 12.6. The number of anilines is 1. The largest absolute Gasteiger partial charge is 0.454 e. The number of hydrogen-bond donors (Lipinski definition) is 2. The van der Waals surface area contributed by atoms with E-state index in [-0.39, 0.29) is 23.2 Å². The Kier molecular flexibility index (Phi) is 6.72. The molecule has 2 aromatic carbocycles. The lowest BCUT2D eigenvalue weighted by Gasteiger charge is -2.12. The SMILES string of the molecule is Cc1cccc(NC(=O)CSCC(=O)O[C@H](C)C(=O)c2c[nH]c3ccccc23)c1. The summed E-state index contributed by atoms with van der Waals surface area (Å²) in [7, 11) is 0. The zero-order chi connectivity index (χ0) is 20.8. The summed E-state index contributed by atoms with van der Waals surface area (Å²) in [6, 6.07) is 14.9. The van der Waals surface area contributed by atoms with E-state index in [9.17, 15) is 14.4 Å². The van der Waals surface area contributed by atoms with Crippen molar-refractivity contribution in [2.24, 2.45) is 0 Å². The van der Waals surface area contributed by atoms with Crippen molar-refractivity contribution in [1.29, 1.82) is 0 Å². The molecule has 0 saturated carbocycles. The van der Waals surface area contributed by atoms with Gasteiger partial charge in [-0.15, -0.1) is 11.8 Å². The molecule has 0 fully saturated rings. The van der Waals surface area contributed by atoms with E-state index in [1.54, 1.807) is 13.1 Å². The highest BCUT2D eigenvalue weighted by molar-refractivity contribution is 8.00. The number of carbonyl (C=O) groups is 3. The van der Waals surface area contributed by atoms with E-state index >= 15 is 0 Å². The fraction of sp³-hybridized carbons (Fsp3) is 0.227. The quantitative estimate of drug-likeness (QED) is 0.433. The lowest BCUT2D eigenvalue weighted by molar-refractivity contribution is -0.143. The monoisotopic (exact) mass is 410 g/mol. The van der Waals surface area contributed by atoms with Crippen LogP contribution in [0, 0.1) is 6.92 Å². The van der Waals surface area contributed by atoms with Crippen molar-refractivity contribution >= 4 is 46.0 Å². The van der Waals surface area contributed by atoms with Crippen LogP contribution < -0.4 is 5.32 Å². The first-order valence-corrected chi connectivity index (χ1v) is 10.3. The molecule has 29 heavy (non-hydrogen) atoms. The Labute approximate surface area is 173 Å². The van der Waals surface area contributed by atoms with E-state index in [2.05, 4.69) is 10.3 Å². The van der Waals surface area contributed by atoms with Gasteiger partial charge >= 0.3 is 5.97 Å². The van der Waals surface area contributed by atoms with Gasteiger partial charge in [-0.05, 0) is 37.6 Å². The molecule has 3 rings (SSSR count). The van der Waals surface area contributed by atoms with Gasteiger partial charge in [0.05, 0.1) is 11.5 Å². The van der Waals surface area contributed by atoms with Crippen molar-refractivity contribution in [1.82, 2.24) is 4.98 Å². The van der Waals surface area contributed by atoms with Crippen molar-refractivity contribution < 1.29 is 19.1 Å². The number of carbonyl (C=O) groups excluding carboxylic acids is 3. The van der Waals surface area contributed by atoms with E-state index in [4.69, 9.17) is 4.74 Å². The lowest BCUT2D eigenvalue weighted by atomic mass is 10.1. The van der Waals surface area contributed by atoms with E-state index < -0.39 is 12.1 Å². The van der Waals surface area contributed by atoms with Crippen molar-refractivity contribution in [3.05, 3.63) is 65.9 Å². The number of ketones is 1. The van der Waals surface area contributed by atoms with Crippen LogP contribution in [0.4, 0.5) is 5.69 Å². The molecule has 0 aliphatic heterocycles. The van der Waals surface area contributed by atoms with Crippen LogP contribution in [0.2, 0.25) is 0 Å². The maximum atomic E-state index is 12.6. The number of esters is 1. The molecule has 0 aliphatic carbocycles. The van der Waals surface area contributed by atoms with Crippen LogP contribution in [-0.4, -0.2) is 40.3 Å². The van der Waals surface area contributed by atoms with E-state index in [0.717, 1.165) is 33.9 Å². The fourth-order valence-corrected chi connectivity index (χ4v) is 3.52. The van der Waals surface area contributed by atoms with Crippen molar-refractivity contribution in [3.63, 3.8) is 0 Å². The number of Topliss-reactive ketones (excluding diaryl/α,β-unsaturated/α-hetero) is 1. The Morgan fingerprint density at radius 3 is 2.69 bits per heavy atom. The summed E-state index contributed by atoms with van der Waals surface area (Å²) in [5.41, 5.74) is 3.11. The van der Waals surface area contributed by atoms with Crippen molar-refractivity contribution in [2.45, 2.75) is 20.0 Å². The van der Waals surface area contributed by atoms with E-state index in [0.29, 0.717) is 5.56 Å². The Morgan fingerprint density at radius 1 is 1.10 bits per heavy atom. The first kappa shape index (κ1) is 20.7. The minimum Gasteiger partial charge on any atom is -0.454 e. The Hall–Kier alpha value is -3.06. The number of nitrogens with one attached hydrogen (secondary N) is 2. The number of hydrogen-bond acceptors (Lipinski definition) is 5. The Bertz CT molecular complexity index is 1040. The predicted octanol–water partition coefficient (Wildman–Crippen LogP) is 3.96. The fourth-order valence-electron chi connectivity index (χ4n) is 2.93. The standard InChI is InChI=1S/C22H22N2O4S/c1-14-6-5-7-16(10-14)24-20(25)12-29-13-21(26)28-15(2)22(27)18-11-23-19-9-4-3-8-17(18)19/h3-11,15,23H,12-13H2,1-2H3,(H,24,25)/t15-/m1/s1. The second-order valence-corrected chi connectivity index (χ2v) is 7.64. The van der Waals surface area contributed by atoms with Crippen molar-refractivity contribution in [2.75, 3.05) is 16.8 Å². The van der Waals surface area contributed by atoms with Gasteiger partial charge in [-0.1, -0.05) is 30.3 Å². The zero-order valence-electron chi connectivity index (χ0n) is 16.2. The number of para-hydroxylation sites is 1. The minimum atomic E-state index is -0.900. The van der Waals surface area contributed by atoms with Gasteiger partial charge in [-0.25, -0.2) is 0 Å². The van der Waals surface area contributed by atoms with Gasteiger partial charge < -0.3 is 15.0 Å². The third kappa shape index (κ3) is 5.48. The molecular weight excluding hydrogens is 388 g/mol. The van der Waals surface area contributed by atoms with Gasteiger partial charge in [0.1, 0.15) is 0 Å². The molecule has 0 radical (unpaired) electrons. The van der Waals surface area contributed by atoms with Crippen molar-refractivity contribution in [3.8, 4) is 0 Å². The van der Waals surface area contributed by atoms with Crippen LogP contribution in [0.25, 0.3) is 10.9 Å². The molecule has 0 aliphatic rings. The van der Waals surface area contributed by atoms with Gasteiger partial charge in [0, 0.05) is 28.4 Å². The summed E-state index contributed by atoms with van der Waals surface area (Å²) >= 11 is 1.14. The highest BCUT2D eigenvalue weighted by atomic mass is 32.2. The number of aryl methyl sites for hydroxylation is 1.